The van der Waals surface area contributed by atoms with Crippen LogP contribution >= 0.6 is 11.3 Å². The van der Waals surface area contributed by atoms with Crippen LogP contribution in [-0.4, -0.2) is 53.7 Å². The Bertz CT molecular complexity index is 476. The molecule has 110 valence electrons. The molecule has 0 amide bonds. The van der Waals surface area contributed by atoms with E-state index >= 15 is 0 Å². The maximum atomic E-state index is 8.73. The van der Waals surface area contributed by atoms with Crippen molar-refractivity contribution in [2.75, 3.05) is 26.7 Å². The first kappa shape index (κ1) is 15.5. The minimum absolute atomic E-state index is 0.140. The zero-order valence-corrected chi connectivity index (χ0v) is 13.4. The summed E-state index contributed by atoms with van der Waals surface area (Å²) in [5, 5.41) is 10.8. The van der Waals surface area contributed by atoms with Crippen LogP contribution in [0.4, 0.5) is 0 Å². The molecule has 0 bridgehead atoms. The van der Waals surface area contributed by atoms with Gasteiger partial charge >= 0.3 is 0 Å². The first-order chi connectivity index (χ1) is 9.60. The van der Waals surface area contributed by atoms with E-state index in [0.717, 1.165) is 25.2 Å². The molecule has 1 aliphatic rings. The van der Waals surface area contributed by atoms with E-state index in [0.29, 0.717) is 18.5 Å². The summed E-state index contributed by atoms with van der Waals surface area (Å²) in [6.45, 7) is 8.01. The molecule has 0 aliphatic carbocycles. The summed E-state index contributed by atoms with van der Waals surface area (Å²) in [6.07, 6.45) is 0.554. The van der Waals surface area contributed by atoms with Crippen molar-refractivity contribution in [2.24, 2.45) is 0 Å². The van der Waals surface area contributed by atoms with Gasteiger partial charge in [0.2, 0.25) is 0 Å². The second kappa shape index (κ2) is 7.24. The average Bonchev–Trinajstić information content (AvgIpc) is 2.84. The van der Waals surface area contributed by atoms with Gasteiger partial charge in [-0.05, 0) is 27.0 Å². The smallest absolute Gasteiger partial charge is 0.0540 e. The van der Waals surface area contributed by atoms with Gasteiger partial charge in [0.05, 0.1) is 6.61 Å². The van der Waals surface area contributed by atoms with Crippen molar-refractivity contribution in [3.8, 4) is 11.8 Å². The first-order valence-corrected chi connectivity index (χ1v) is 8.09. The SMILES string of the molecule is CC1CN(Cc2cc(C#CCCO)cs2)CC(C)N1C. The molecule has 0 saturated carbocycles. The van der Waals surface area contributed by atoms with E-state index in [4.69, 9.17) is 5.11 Å². The lowest BCUT2D eigenvalue weighted by Crippen LogP contribution is -2.54. The molecule has 4 heteroatoms. The number of likely N-dealkylation sites (N-methyl/N-ethyl adjacent to an activating group) is 1. The summed E-state index contributed by atoms with van der Waals surface area (Å²) in [5.41, 5.74) is 1.08. The van der Waals surface area contributed by atoms with Gasteiger partial charge in [-0.15, -0.1) is 11.3 Å². The monoisotopic (exact) mass is 292 g/mol. The summed E-state index contributed by atoms with van der Waals surface area (Å²) >= 11 is 1.78. The van der Waals surface area contributed by atoms with E-state index in [1.165, 1.54) is 4.88 Å². The molecule has 2 unspecified atom stereocenters. The van der Waals surface area contributed by atoms with Crippen LogP contribution in [-0.2, 0) is 6.54 Å². The van der Waals surface area contributed by atoms with Gasteiger partial charge in [-0.2, -0.15) is 0 Å². The second-order valence-corrected chi connectivity index (χ2v) is 6.63. The van der Waals surface area contributed by atoms with E-state index in [-0.39, 0.29) is 6.61 Å². The maximum Gasteiger partial charge on any atom is 0.0540 e. The third-order valence-electron chi connectivity index (χ3n) is 3.94. The fraction of sp³-hybridized carbons (Fsp3) is 0.625. The molecular weight excluding hydrogens is 268 g/mol. The van der Waals surface area contributed by atoms with E-state index < -0.39 is 0 Å². The van der Waals surface area contributed by atoms with Gasteiger partial charge in [-0.25, -0.2) is 0 Å². The minimum Gasteiger partial charge on any atom is -0.395 e. The minimum atomic E-state index is 0.140. The van der Waals surface area contributed by atoms with Gasteiger partial charge in [-0.3, -0.25) is 9.80 Å². The molecule has 0 spiro atoms. The highest BCUT2D eigenvalue weighted by molar-refractivity contribution is 7.10. The van der Waals surface area contributed by atoms with Crippen molar-refractivity contribution in [3.05, 3.63) is 21.9 Å². The molecule has 1 aliphatic heterocycles. The van der Waals surface area contributed by atoms with Crippen molar-refractivity contribution in [1.82, 2.24) is 9.80 Å². The summed E-state index contributed by atoms with van der Waals surface area (Å²) in [5.74, 6) is 6.08. The lowest BCUT2D eigenvalue weighted by molar-refractivity contribution is 0.0562. The van der Waals surface area contributed by atoms with Crippen LogP contribution in [0.2, 0.25) is 0 Å². The van der Waals surface area contributed by atoms with Crippen molar-refractivity contribution in [1.29, 1.82) is 0 Å². The molecule has 2 rings (SSSR count). The molecule has 2 atom stereocenters. The highest BCUT2D eigenvalue weighted by Crippen LogP contribution is 2.20. The van der Waals surface area contributed by atoms with E-state index in [1.54, 1.807) is 11.3 Å². The Hall–Kier alpha value is -0.860. The van der Waals surface area contributed by atoms with Crippen LogP contribution in [0.15, 0.2) is 11.4 Å². The number of piperazine rings is 1. The summed E-state index contributed by atoms with van der Waals surface area (Å²) in [4.78, 5) is 6.37. The van der Waals surface area contributed by atoms with Gasteiger partial charge in [0.25, 0.3) is 0 Å². The van der Waals surface area contributed by atoms with E-state index in [1.807, 2.05) is 0 Å². The lowest BCUT2D eigenvalue weighted by atomic mass is 10.1. The van der Waals surface area contributed by atoms with Crippen molar-refractivity contribution in [3.63, 3.8) is 0 Å². The number of hydrogen-bond acceptors (Lipinski definition) is 4. The van der Waals surface area contributed by atoms with Crippen molar-refractivity contribution >= 4 is 11.3 Å². The topological polar surface area (TPSA) is 26.7 Å². The standard InChI is InChI=1S/C16H24N2OS/c1-13-9-18(10-14(2)17(13)3)11-16-8-15(12-20-16)6-4-5-7-19/h8,12-14,19H,5,7,9-11H2,1-3H3. The largest absolute Gasteiger partial charge is 0.395 e. The fourth-order valence-electron chi connectivity index (χ4n) is 2.61. The van der Waals surface area contributed by atoms with Gasteiger partial charge in [0.15, 0.2) is 0 Å². The van der Waals surface area contributed by atoms with Crippen LogP contribution in [0.3, 0.4) is 0 Å². The first-order valence-electron chi connectivity index (χ1n) is 7.21. The Morgan fingerprint density at radius 2 is 2.05 bits per heavy atom. The van der Waals surface area contributed by atoms with Crippen LogP contribution < -0.4 is 0 Å². The van der Waals surface area contributed by atoms with Crippen molar-refractivity contribution in [2.45, 2.75) is 38.9 Å². The Balaban J connectivity index is 1.92. The Labute approximate surface area is 126 Å². The molecule has 0 aromatic carbocycles. The van der Waals surface area contributed by atoms with Gasteiger partial charge in [0, 0.05) is 54.0 Å². The number of aliphatic hydroxyl groups is 1. The highest BCUT2D eigenvalue weighted by Gasteiger charge is 2.26. The Morgan fingerprint density at radius 3 is 2.70 bits per heavy atom. The number of thiophene rings is 1. The molecule has 3 nitrogen and oxygen atoms in total. The third kappa shape index (κ3) is 4.07. The number of rotatable bonds is 3. The van der Waals surface area contributed by atoms with Gasteiger partial charge < -0.3 is 5.11 Å². The van der Waals surface area contributed by atoms with Crippen LogP contribution in [0.5, 0.6) is 0 Å². The third-order valence-corrected chi connectivity index (χ3v) is 4.86. The number of hydrogen-bond donors (Lipinski definition) is 1. The van der Waals surface area contributed by atoms with Crippen LogP contribution in [0, 0.1) is 11.8 Å². The molecule has 1 fully saturated rings. The second-order valence-electron chi connectivity index (χ2n) is 5.63. The maximum absolute atomic E-state index is 8.73. The lowest BCUT2D eigenvalue weighted by Gasteiger charge is -2.42. The molecule has 20 heavy (non-hydrogen) atoms. The average molecular weight is 292 g/mol. The fourth-order valence-corrected chi connectivity index (χ4v) is 3.47. The van der Waals surface area contributed by atoms with Gasteiger partial charge in [0.1, 0.15) is 0 Å². The quantitative estimate of drug-likeness (QED) is 0.863. The zero-order chi connectivity index (χ0) is 14.5. The van der Waals surface area contributed by atoms with E-state index in [2.05, 4.69) is 54.0 Å². The normalized spacial score (nSPS) is 24.4. The molecule has 1 N–H and O–H groups in total. The van der Waals surface area contributed by atoms with Crippen LogP contribution in [0.1, 0.15) is 30.7 Å². The summed E-state index contributed by atoms with van der Waals surface area (Å²) in [6, 6.07) is 3.41. The predicted molar refractivity (Wildman–Crippen MR) is 84.9 cm³/mol. The zero-order valence-electron chi connectivity index (χ0n) is 12.6. The molecule has 1 aromatic rings. The summed E-state index contributed by atoms with van der Waals surface area (Å²) < 4.78 is 0. The predicted octanol–water partition coefficient (Wildman–Crippen LogP) is 2.01. The molecule has 0 radical (unpaired) electrons. The highest BCUT2D eigenvalue weighted by atomic mass is 32.1. The molecule has 1 saturated heterocycles. The molecule has 2 heterocycles. The Kier molecular flexibility index (Phi) is 5.62. The molecular formula is C16H24N2OS. The molecule has 1 aromatic heterocycles. The number of nitrogens with zero attached hydrogens (tertiary/aromatic N) is 2. The van der Waals surface area contributed by atoms with Crippen LogP contribution in [0.25, 0.3) is 0 Å². The summed E-state index contributed by atoms with van der Waals surface area (Å²) in [7, 11) is 2.21. The van der Waals surface area contributed by atoms with E-state index in [9.17, 15) is 0 Å². The van der Waals surface area contributed by atoms with Crippen molar-refractivity contribution < 1.29 is 5.11 Å². The number of aliphatic hydroxyl groups excluding tert-OH is 1. The Morgan fingerprint density at radius 1 is 1.35 bits per heavy atom. The van der Waals surface area contributed by atoms with Gasteiger partial charge in [-0.1, -0.05) is 11.8 Å².